The summed E-state index contributed by atoms with van der Waals surface area (Å²) in [6.45, 7) is 0.160. The second kappa shape index (κ2) is 8.45. The molecule has 2 N–H and O–H groups in total. The molecule has 27 heavy (non-hydrogen) atoms. The number of benzene rings is 1. The number of halogens is 1. The Hall–Kier alpha value is -3.20. The van der Waals surface area contributed by atoms with Crippen LogP contribution in [0.15, 0.2) is 46.4 Å². The quantitative estimate of drug-likeness (QED) is 0.647. The fourth-order valence-corrected chi connectivity index (χ4v) is 2.99. The second-order valence-electron chi connectivity index (χ2n) is 5.42. The minimum atomic E-state index is -0.485. The minimum Gasteiger partial charge on any atom is -0.494 e. The summed E-state index contributed by atoms with van der Waals surface area (Å²) >= 11 is 1.23. The van der Waals surface area contributed by atoms with Crippen LogP contribution in [-0.4, -0.2) is 30.5 Å². The number of nitrogens with one attached hydrogen (secondary N) is 2. The number of rotatable bonds is 7. The number of furan rings is 1. The van der Waals surface area contributed by atoms with Crippen molar-refractivity contribution in [3.05, 3.63) is 53.6 Å². The lowest BCUT2D eigenvalue weighted by atomic mass is 10.1. The van der Waals surface area contributed by atoms with Crippen LogP contribution >= 0.6 is 11.3 Å². The molecule has 0 fully saturated rings. The Morgan fingerprint density at radius 3 is 2.89 bits per heavy atom. The molecule has 2 amide bonds. The first-order valence-corrected chi connectivity index (χ1v) is 8.86. The van der Waals surface area contributed by atoms with Crippen LogP contribution in [0.25, 0.3) is 11.3 Å². The number of amides is 2. The van der Waals surface area contributed by atoms with Crippen LogP contribution in [0.3, 0.4) is 0 Å². The van der Waals surface area contributed by atoms with E-state index in [2.05, 4.69) is 15.6 Å². The fraction of sp³-hybridized carbons (Fsp3) is 0.167. The highest BCUT2D eigenvalue weighted by molar-refractivity contribution is 7.14. The van der Waals surface area contributed by atoms with Crippen molar-refractivity contribution in [1.82, 2.24) is 10.3 Å². The molecule has 7 nitrogen and oxygen atoms in total. The SMILES string of the molecule is COc1ccc(-c2csc(NC(=O)CCNC(=O)c3ccco3)n2)cc1F. The highest BCUT2D eigenvalue weighted by Gasteiger charge is 2.12. The molecule has 9 heteroatoms. The third kappa shape index (κ3) is 4.70. The van der Waals surface area contributed by atoms with Crippen LogP contribution in [0.1, 0.15) is 17.0 Å². The van der Waals surface area contributed by atoms with Crippen molar-refractivity contribution in [3.63, 3.8) is 0 Å². The van der Waals surface area contributed by atoms with E-state index >= 15 is 0 Å². The lowest BCUT2D eigenvalue weighted by Gasteiger charge is -2.04. The Bertz CT molecular complexity index is 940. The summed E-state index contributed by atoms with van der Waals surface area (Å²) in [5, 5.41) is 7.35. The van der Waals surface area contributed by atoms with Gasteiger partial charge in [-0.3, -0.25) is 9.59 Å². The summed E-state index contributed by atoms with van der Waals surface area (Å²) in [6.07, 6.45) is 1.48. The van der Waals surface area contributed by atoms with Gasteiger partial charge in [-0.25, -0.2) is 9.37 Å². The number of ether oxygens (including phenoxy) is 1. The van der Waals surface area contributed by atoms with Crippen LogP contribution in [0.5, 0.6) is 5.75 Å². The van der Waals surface area contributed by atoms with Gasteiger partial charge < -0.3 is 19.8 Å². The predicted molar refractivity (Wildman–Crippen MR) is 98.3 cm³/mol. The molecule has 1 aromatic carbocycles. The summed E-state index contributed by atoms with van der Waals surface area (Å²) in [5.74, 6) is -0.825. The number of nitrogens with zero attached hydrogens (tertiary/aromatic N) is 1. The average Bonchev–Trinajstić information content (AvgIpc) is 3.33. The van der Waals surface area contributed by atoms with Crippen molar-refractivity contribution in [2.75, 3.05) is 19.0 Å². The Morgan fingerprint density at radius 1 is 1.33 bits per heavy atom. The van der Waals surface area contributed by atoms with Gasteiger partial charge in [0.2, 0.25) is 5.91 Å². The monoisotopic (exact) mass is 389 g/mol. The average molecular weight is 389 g/mol. The van der Waals surface area contributed by atoms with E-state index in [1.165, 1.54) is 42.9 Å². The van der Waals surface area contributed by atoms with Crippen molar-refractivity contribution in [2.24, 2.45) is 0 Å². The number of thiazole rings is 1. The third-order valence-corrected chi connectivity index (χ3v) is 4.34. The van der Waals surface area contributed by atoms with E-state index in [-0.39, 0.29) is 36.3 Å². The summed E-state index contributed by atoms with van der Waals surface area (Å²) in [7, 11) is 1.39. The molecule has 0 bridgehead atoms. The molecule has 2 aromatic heterocycles. The first kappa shape index (κ1) is 18.6. The normalized spacial score (nSPS) is 10.4. The minimum absolute atomic E-state index is 0.0819. The van der Waals surface area contributed by atoms with Crippen molar-refractivity contribution in [2.45, 2.75) is 6.42 Å². The van der Waals surface area contributed by atoms with Crippen molar-refractivity contribution in [1.29, 1.82) is 0 Å². The Labute approximate surface area is 158 Å². The van der Waals surface area contributed by atoms with Crippen LogP contribution in [-0.2, 0) is 4.79 Å². The van der Waals surface area contributed by atoms with E-state index in [1.807, 2.05) is 0 Å². The first-order valence-electron chi connectivity index (χ1n) is 7.98. The highest BCUT2D eigenvalue weighted by atomic mass is 32.1. The second-order valence-corrected chi connectivity index (χ2v) is 6.28. The van der Waals surface area contributed by atoms with Crippen LogP contribution in [0, 0.1) is 5.82 Å². The van der Waals surface area contributed by atoms with E-state index < -0.39 is 5.82 Å². The van der Waals surface area contributed by atoms with Gasteiger partial charge in [0.25, 0.3) is 5.91 Å². The van der Waals surface area contributed by atoms with Crippen LogP contribution in [0.4, 0.5) is 9.52 Å². The molecule has 0 saturated heterocycles. The lowest BCUT2D eigenvalue weighted by Crippen LogP contribution is -2.27. The number of carbonyl (C=O) groups is 2. The van der Waals surface area contributed by atoms with Gasteiger partial charge in [0.15, 0.2) is 22.5 Å². The first-order chi connectivity index (χ1) is 13.1. The molecule has 0 aliphatic carbocycles. The number of methoxy groups -OCH3 is 1. The Morgan fingerprint density at radius 2 is 2.19 bits per heavy atom. The number of anilines is 1. The molecule has 0 unspecified atom stereocenters. The van der Waals surface area contributed by atoms with Crippen molar-refractivity contribution >= 4 is 28.3 Å². The predicted octanol–water partition coefficient (Wildman–Crippen LogP) is 3.31. The van der Waals surface area contributed by atoms with Gasteiger partial charge in [0.05, 0.1) is 19.1 Å². The van der Waals surface area contributed by atoms with E-state index in [0.29, 0.717) is 16.4 Å². The molecule has 0 saturated carbocycles. The molecule has 3 aromatic rings. The molecule has 140 valence electrons. The summed E-state index contributed by atoms with van der Waals surface area (Å²) in [6, 6.07) is 7.67. The molecule has 0 radical (unpaired) electrons. The summed E-state index contributed by atoms with van der Waals surface area (Å²) in [5.41, 5.74) is 1.12. The zero-order valence-corrected chi connectivity index (χ0v) is 15.1. The zero-order valence-electron chi connectivity index (χ0n) is 14.3. The number of hydrogen-bond donors (Lipinski definition) is 2. The summed E-state index contributed by atoms with van der Waals surface area (Å²) in [4.78, 5) is 27.9. The van der Waals surface area contributed by atoms with Gasteiger partial charge in [-0.05, 0) is 30.3 Å². The van der Waals surface area contributed by atoms with E-state index in [0.717, 1.165) is 0 Å². The molecular formula is C18H16FN3O4S. The number of hydrogen-bond acceptors (Lipinski definition) is 6. The third-order valence-electron chi connectivity index (χ3n) is 3.58. The van der Waals surface area contributed by atoms with Crippen LogP contribution < -0.4 is 15.4 Å². The zero-order chi connectivity index (χ0) is 19.2. The molecule has 2 heterocycles. The van der Waals surface area contributed by atoms with Gasteiger partial charge >= 0.3 is 0 Å². The fourth-order valence-electron chi connectivity index (χ4n) is 2.26. The molecule has 0 aliphatic rings. The Balaban J connectivity index is 1.52. The van der Waals surface area contributed by atoms with E-state index in [4.69, 9.17) is 9.15 Å². The maximum absolute atomic E-state index is 13.8. The Kier molecular flexibility index (Phi) is 5.82. The topological polar surface area (TPSA) is 93.5 Å². The molecule has 0 aliphatic heterocycles. The van der Waals surface area contributed by atoms with E-state index in [1.54, 1.807) is 17.5 Å². The van der Waals surface area contributed by atoms with Gasteiger partial charge in [0.1, 0.15) is 0 Å². The smallest absolute Gasteiger partial charge is 0.286 e. The van der Waals surface area contributed by atoms with Crippen LogP contribution in [0.2, 0.25) is 0 Å². The van der Waals surface area contributed by atoms with Crippen molar-refractivity contribution in [3.8, 4) is 17.0 Å². The largest absolute Gasteiger partial charge is 0.494 e. The van der Waals surface area contributed by atoms with Gasteiger partial charge in [0, 0.05) is 23.9 Å². The maximum Gasteiger partial charge on any atom is 0.286 e. The highest BCUT2D eigenvalue weighted by Crippen LogP contribution is 2.28. The van der Waals surface area contributed by atoms with Gasteiger partial charge in [-0.1, -0.05) is 0 Å². The molecular weight excluding hydrogens is 373 g/mol. The molecule has 3 rings (SSSR count). The maximum atomic E-state index is 13.8. The summed E-state index contributed by atoms with van der Waals surface area (Å²) < 4.78 is 23.6. The van der Waals surface area contributed by atoms with Crippen molar-refractivity contribution < 1.29 is 23.1 Å². The standard InChI is InChI=1S/C18H16FN3O4S/c1-25-14-5-4-11(9-12(14)19)13-10-27-18(21-13)22-16(23)6-7-20-17(24)15-3-2-8-26-15/h2-5,8-10H,6-7H2,1H3,(H,20,24)(H,21,22,23). The number of aromatic nitrogens is 1. The lowest BCUT2D eigenvalue weighted by molar-refractivity contribution is -0.116. The molecule has 0 atom stereocenters. The van der Waals surface area contributed by atoms with Gasteiger partial charge in [-0.2, -0.15) is 0 Å². The van der Waals surface area contributed by atoms with Gasteiger partial charge in [-0.15, -0.1) is 11.3 Å². The number of carbonyl (C=O) groups excluding carboxylic acids is 2. The van der Waals surface area contributed by atoms with E-state index in [9.17, 15) is 14.0 Å². The molecule has 0 spiro atoms.